The fourth-order valence-electron chi connectivity index (χ4n) is 1.44. The van der Waals surface area contributed by atoms with Crippen molar-refractivity contribution < 1.29 is 19.4 Å². The Labute approximate surface area is 123 Å². The van der Waals surface area contributed by atoms with Gasteiger partial charge in [-0.05, 0) is 12.1 Å². The summed E-state index contributed by atoms with van der Waals surface area (Å²) >= 11 is 0. The van der Waals surface area contributed by atoms with E-state index in [1.54, 1.807) is 12.1 Å². The summed E-state index contributed by atoms with van der Waals surface area (Å²) in [6.45, 7) is 3.45. The van der Waals surface area contributed by atoms with Gasteiger partial charge in [-0.2, -0.15) is 0 Å². The largest absolute Gasteiger partial charge is 0.478 e. The van der Waals surface area contributed by atoms with Gasteiger partial charge in [-0.3, -0.25) is 0 Å². The number of benzene rings is 2. The summed E-state index contributed by atoms with van der Waals surface area (Å²) in [4.78, 5) is 22.2. The van der Waals surface area contributed by atoms with Crippen LogP contribution in [0.5, 0.6) is 0 Å². The monoisotopic (exact) mass is 284 g/mol. The molecule has 108 valence electrons. The van der Waals surface area contributed by atoms with E-state index in [-0.39, 0.29) is 17.7 Å². The van der Waals surface area contributed by atoms with Gasteiger partial charge in [-0.15, -0.1) is 0 Å². The van der Waals surface area contributed by atoms with Gasteiger partial charge in [0.05, 0.1) is 11.1 Å². The van der Waals surface area contributed by atoms with E-state index in [1.165, 1.54) is 18.2 Å². The maximum Gasteiger partial charge on any atom is 0.339 e. The molecule has 0 spiro atoms. The maximum absolute atomic E-state index is 11.4. The number of aromatic carboxylic acids is 1. The Bertz CT molecular complexity index is 564. The molecule has 0 bridgehead atoms. The quantitative estimate of drug-likeness (QED) is 0.690. The molecule has 2 aromatic carbocycles. The first kappa shape index (κ1) is 16.2. The fraction of sp³-hybridized carbons (Fsp3) is 0.0588. The number of ether oxygens (including phenoxy) is 1. The predicted octanol–water partition coefficient (Wildman–Crippen LogP) is 3.41. The van der Waals surface area contributed by atoms with Gasteiger partial charge in [0.15, 0.2) is 0 Å². The minimum absolute atomic E-state index is 0.0480. The number of carboxylic acids is 1. The summed E-state index contributed by atoms with van der Waals surface area (Å²) < 4.78 is 4.75. The molecule has 0 fully saturated rings. The summed E-state index contributed by atoms with van der Waals surface area (Å²) in [7, 11) is 0. The fourth-order valence-corrected chi connectivity index (χ4v) is 1.44. The lowest BCUT2D eigenvalue weighted by Gasteiger charge is -2.04. The van der Waals surface area contributed by atoms with Crippen molar-refractivity contribution in [3.63, 3.8) is 0 Å². The molecule has 21 heavy (non-hydrogen) atoms. The standard InChI is InChI=1S/C11H10O4.C6H6/c1-2-7-15-11(14)9-6-4-3-5-8(9)10(12)13;1-2-4-6-5-3-1/h2-6H,1,7H2,(H,12,13);1-6H. The highest BCUT2D eigenvalue weighted by Gasteiger charge is 2.16. The molecule has 0 amide bonds. The molecule has 4 heteroatoms. The second-order valence-electron chi connectivity index (χ2n) is 3.89. The van der Waals surface area contributed by atoms with Crippen LogP contribution >= 0.6 is 0 Å². The van der Waals surface area contributed by atoms with Crippen LogP contribution < -0.4 is 0 Å². The van der Waals surface area contributed by atoms with E-state index < -0.39 is 11.9 Å². The van der Waals surface area contributed by atoms with E-state index in [9.17, 15) is 9.59 Å². The maximum atomic E-state index is 11.4. The number of carboxylic acid groups (broad SMARTS) is 1. The third-order valence-electron chi connectivity index (χ3n) is 2.38. The molecular weight excluding hydrogens is 268 g/mol. The number of hydrogen-bond acceptors (Lipinski definition) is 3. The van der Waals surface area contributed by atoms with Crippen LogP contribution in [0.25, 0.3) is 0 Å². The smallest absolute Gasteiger partial charge is 0.339 e. The van der Waals surface area contributed by atoms with E-state index in [2.05, 4.69) is 6.58 Å². The Morgan fingerprint density at radius 1 is 0.952 bits per heavy atom. The van der Waals surface area contributed by atoms with Gasteiger partial charge in [0, 0.05) is 0 Å². The van der Waals surface area contributed by atoms with Gasteiger partial charge in [-0.25, -0.2) is 9.59 Å². The molecule has 0 saturated carbocycles. The number of hydrogen-bond donors (Lipinski definition) is 1. The lowest BCUT2D eigenvalue weighted by Crippen LogP contribution is -2.11. The topological polar surface area (TPSA) is 63.6 Å². The predicted molar refractivity (Wildman–Crippen MR) is 80.3 cm³/mol. The Hall–Kier alpha value is -2.88. The number of carbonyl (C=O) groups excluding carboxylic acids is 1. The molecule has 4 nitrogen and oxygen atoms in total. The molecule has 0 radical (unpaired) electrons. The van der Waals surface area contributed by atoms with Gasteiger partial charge >= 0.3 is 11.9 Å². The van der Waals surface area contributed by atoms with Crippen molar-refractivity contribution in [3.8, 4) is 0 Å². The highest BCUT2D eigenvalue weighted by molar-refractivity contribution is 6.02. The van der Waals surface area contributed by atoms with Crippen LogP contribution in [-0.2, 0) is 4.74 Å². The summed E-state index contributed by atoms with van der Waals surface area (Å²) in [6.07, 6.45) is 1.42. The van der Waals surface area contributed by atoms with Crippen molar-refractivity contribution >= 4 is 11.9 Å². The summed E-state index contributed by atoms with van der Waals surface area (Å²) in [5, 5.41) is 8.81. The summed E-state index contributed by atoms with van der Waals surface area (Å²) in [5.41, 5.74) is -0.0154. The second kappa shape index (κ2) is 9.09. The Morgan fingerprint density at radius 2 is 1.43 bits per heavy atom. The van der Waals surface area contributed by atoms with Crippen LogP contribution in [0.1, 0.15) is 20.7 Å². The minimum Gasteiger partial charge on any atom is -0.478 e. The first-order chi connectivity index (χ1) is 10.2. The molecule has 0 aliphatic rings. The van der Waals surface area contributed by atoms with E-state index in [4.69, 9.17) is 9.84 Å². The van der Waals surface area contributed by atoms with Gasteiger partial charge in [0.2, 0.25) is 0 Å². The third kappa shape index (κ3) is 5.74. The number of esters is 1. The average Bonchev–Trinajstić information content (AvgIpc) is 2.54. The highest BCUT2D eigenvalue weighted by atomic mass is 16.5. The number of rotatable bonds is 4. The highest BCUT2D eigenvalue weighted by Crippen LogP contribution is 2.10. The molecule has 0 aliphatic heterocycles. The van der Waals surface area contributed by atoms with Crippen molar-refractivity contribution in [1.29, 1.82) is 0 Å². The van der Waals surface area contributed by atoms with Gasteiger partial charge in [0.1, 0.15) is 6.61 Å². The van der Waals surface area contributed by atoms with Crippen molar-refractivity contribution in [2.45, 2.75) is 0 Å². The van der Waals surface area contributed by atoms with Crippen LogP contribution in [0.15, 0.2) is 73.3 Å². The molecular formula is C17H16O4. The van der Waals surface area contributed by atoms with Crippen molar-refractivity contribution in [2.24, 2.45) is 0 Å². The Kier molecular flexibility index (Phi) is 7.00. The van der Waals surface area contributed by atoms with Crippen LogP contribution in [0.2, 0.25) is 0 Å². The third-order valence-corrected chi connectivity index (χ3v) is 2.38. The van der Waals surface area contributed by atoms with Gasteiger partial charge in [-0.1, -0.05) is 61.2 Å². The summed E-state index contributed by atoms with van der Waals surface area (Å²) in [5.74, 6) is -1.81. The number of carbonyl (C=O) groups is 2. The average molecular weight is 284 g/mol. The van der Waals surface area contributed by atoms with E-state index in [0.29, 0.717) is 0 Å². The van der Waals surface area contributed by atoms with Gasteiger partial charge in [0.25, 0.3) is 0 Å². The SMILES string of the molecule is C=CCOC(=O)c1ccccc1C(=O)O.c1ccccc1. The van der Waals surface area contributed by atoms with Crippen LogP contribution in [0.4, 0.5) is 0 Å². The lowest BCUT2D eigenvalue weighted by molar-refractivity contribution is 0.0536. The van der Waals surface area contributed by atoms with Crippen molar-refractivity contribution in [1.82, 2.24) is 0 Å². The first-order valence-electron chi connectivity index (χ1n) is 6.27. The van der Waals surface area contributed by atoms with Crippen molar-refractivity contribution in [2.75, 3.05) is 6.61 Å². The zero-order chi connectivity index (χ0) is 15.5. The molecule has 0 heterocycles. The molecule has 0 atom stereocenters. The molecule has 0 aliphatic carbocycles. The van der Waals surface area contributed by atoms with Crippen LogP contribution in [0, 0.1) is 0 Å². The summed E-state index contributed by atoms with van der Waals surface area (Å²) in [6, 6.07) is 17.9. The molecule has 0 aromatic heterocycles. The Balaban J connectivity index is 0.000000304. The second-order valence-corrected chi connectivity index (χ2v) is 3.89. The van der Waals surface area contributed by atoms with E-state index in [1.807, 2.05) is 36.4 Å². The Morgan fingerprint density at radius 3 is 1.86 bits per heavy atom. The normalized spacial score (nSPS) is 8.95. The minimum atomic E-state index is -1.15. The molecule has 0 saturated heterocycles. The lowest BCUT2D eigenvalue weighted by atomic mass is 10.1. The zero-order valence-electron chi connectivity index (χ0n) is 11.4. The molecule has 0 unspecified atom stereocenters. The first-order valence-corrected chi connectivity index (χ1v) is 6.27. The zero-order valence-corrected chi connectivity index (χ0v) is 11.4. The molecule has 1 N–H and O–H groups in total. The molecule has 2 aromatic rings. The van der Waals surface area contributed by atoms with E-state index >= 15 is 0 Å². The molecule has 2 rings (SSSR count). The van der Waals surface area contributed by atoms with Crippen LogP contribution in [0.3, 0.4) is 0 Å². The van der Waals surface area contributed by atoms with E-state index in [0.717, 1.165) is 0 Å². The van der Waals surface area contributed by atoms with Crippen molar-refractivity contribution in [3.05, 3.63) is 84.4 Å². The van der Waals surface area contributed by atoms with Gasteiger partial charge < -0.3 is 9.84 Å². The van der Waals surface area contributed by atoms with Crippen LogP contribution in [-0.4, -0.2) is 23.7 Å².